The van der Waals surface area contributed by atoms with Gasteiger partial charge >= 0.3 is 0 Å². The molecule has 5 nitrogen and oxygen atoms in total. The number of amides is 1. The summed E-state index contributed by atoms with van der Waals surface area (Å²) < 4.78 is 0. The van der Waals surface area contributed by atoms with Crippen LogP contribution in [0.25, 0.3) is 0 Å². The summed E-state index contributed by atoms with van der Waals surface area (Å²) in [6.07, 6.45) is 1.65. The largest absolute Gasteiger partial charge is 0.389 e. The van der Waals surface area contributed by atoms with Crippen molar-refractivity contribution in [2.75, 3.05) is 24.5 Å². The number of carbonyl (C=O) groups is 1. The van der Waals surface area contributed by atoms with Gasteiger partial charge in [-0.25, -0.2) is 4.98 Å². The highest BCUT2D eigenvalue weighted by Crippen LogP contribution is 2.13. The molecule has 0 unspecified atom stereocenters. The molecule has 1 aromatic rings. The summed E-state index contributed by atoms with van der Waals surface area (Å²) in [4.78, 5) is 17.7. The maximum Gasteiger partial charge on any atom is 0.239 e. The summed E-state index contributed by atoms with van der Waals surface area (Å²) in [5, 5.41) is 2.76. The molecular formula is C10H12N4OS. The van der Waals surface area contributed by atoms with Crippen LogP contribution in [0.4, 0.5) is 5.82 Å². The quantitative estimate of drug-likeness (QED) is 0.687. The van der Waals surface area contributed by atoms with E-state index in [1.807, 2.05) is 4.90 Å². The lowest BCUT2D eigenvalue weighted by Gasteiger charge is -2.27. The zero-order valence-electron chi connectivity index (χ0n) is 8.64. The van der Waals surface area contributed by atoms with Crippen LogP contribution in [0.2, 0.25) is 0 Å². The number of aromatic nitrogens is 1. The summed E-state index contributed by atoms with van der Waals surface area (Å²) in [5.74, 6) is 0.744. The van der Waals surface area contributed by atoms with E-state index >= 15 is 0 Å². The smallest absolute Gasteiger partial charge is 0.239 e. The Bertz CT molecular complexity index is 435. The number of rotatable bonds is 2. The molecule has 0 aromatic carbocycles. The minimum atomic E-state index is 0.00813. The number of thiocarbonyl (C=S) groups is 1. The zero-order valence-corrected chi connectivity index (χ0v) is 9.46. The highest BCUT2D eigenvalue weighted by atomic mass is 32.1. The summed E-state index contributed by atoms with van der Waals surface area (Å²) in [7, 11) is 0. The van der Waals surface area contributed by atoms with E-state index in [-0.39, 0.29) is 5.91 Å². The number of nitrogens with zero attached hydrogens (tertiary/aromatic N) is 2. The molecule has 1 fully saturated rings. The van der Waals surface area contributed by atoms with Crippen molar-refractivity contribution in [2.24, 2.45) is 5.73 Å². The van der Waals surface area contributed by atoms with E-state index in [4.69, 9.17) is 18.0 Å². The summed E-state index contributed by atoms with van der Waals surface area (Å²) >= 11 is 4.90. The van der Waals surface area contributed by atoms with E-state index < -0.39 is 0 Å². The van der Waals surface area contributed by atoms with Gasteiger partial charge in [-0.15, -0.1) is 0 Å². The van der Waals surface area contributed by atoms with E-state index in [1.165, 1.54) is 0 Å². The Hall–Kier alpha value is -1.69. The third-order valence-electron chi connectivity index (χ3n) is 2.39. The predicted octanol–water partition coefficient (Wildman–Crippen LogP) is -0.348. The van der Waals surface area contributed by atoms with Gasteiger partial charge in [0.2, 0.25) is 5.91 Å². The van der Waals surface area contributed by atoms with Crippen molar-refractivity contribution < 1.29 is 4.79 Å². The monoisotopic (exact) mass is 236 g/mol. The second-order valence-electron chi connectivity index (χ2n) is 3.54. The van der Waals surface area contributed by atoms with E-state index in [9.17, 15) is 4.79 Å². The average Bonchev–Trinajstić information content (AvgIpc) is 2.29. The van der Waals surface area contributed by atoms with Crippen LogP contribution < -0.4 is 16.0 Å². The van der Waals surface area contributed by atoms with Crippen molar-refractivity contribution >= 4 is 28.9 Å². The fourth-order valence-electron chi connectivity index (χ4n) is 1.58. The molecule has 1 aromatic heterocycles. The summed E-state index contributed by atoms with van der Waals surface area (Å²) in [6.45, 7) is 1.71. The van der Waals surface area contributed by atoms with Gasteiger partial charge in [-0.3, -0.25) is 4.79 Å². The van der Waals surface area contributed by atoms with Crippen LogP contribution in [0.15, 0.2) is 18.3 Å². The van der Waals surface area contributed by atoms with E-state index in [0.717, 1.165) is 17.9 Å². The number of anilines is 1. The van der Waals surface area contributed by atoms with Crippen LogP contribution in [-0.4, -0.2) is 35.5 Å². The van der Waals surface area contributed by atoms with Crippen molar-refractivity contribution in [3.8, 4) is 0 Å². The Morgan fingerprint density at radius 3 is 3.12 bits per heavy atom. The minimum Gasteiger partial charge on any atom is -0.389 e. The molecule has 1 aliphatic rings. The second-order valence-corrected chi connectivity index (χ2v) is 3.98. The first-order valence-electron chi connectivity index (χ1n) is 4.94. The van der Waals surface area contributed by atoms with Gasteiger partial charge in [0.25, 0.3) is 0 Å². The lowest BCUT2D eigenvalue weighted by molar-refractivity contribution is -0.120. The number of nitrogens with two attached hydrogens (primary N) is 1. The Morgan fingerprint density at radius 1 is 1.62 bits per heavy atom. The van der Waals surface area contributed by atoms with Gasteiger partial charge in [-0.05, 0) is 12.1 Å². The Morgan fingerprint density at radius 2 is 2.44 bits per heavy atom. The Kier molecular flexibility index (Phi) is 3.00. The van der Waals surface area contributed by atoms with Crippen LogP contribution in [-0.2, 0) is 4.79 Å². The highest BCUT2D eigenvalue weighted by molar-refractivity contribution is 7.80. The highest BCUT2D eigenvalue weighted by Gasteiger charge is 2.17. The SMILES string of the molecule is NC(=S)c1ccnc(N2CCNC(=O)C2)c1. The number of hydrogen-bond donors (Lipinski definition) is 2. The molecule has 2 rings (SSSR count). The average molecular weight is 236 g/mol. The first kappa shape index (κ1) is 10.8. The maximum absolute atomic E-state index is 11.2. The number of carbonyl (C=O) groups excluding carboxylic acids is 1. The molecule has 0 radical (unpaired) electrons. The molecule has 1 amide bonds. The molecule has 16 heavy (non-hydrogen) atoms. The van der Waals surface area contributed by atoms with E-state index in [1.54, 1.807) is 18.3 Å². The minimum absolute atomic E-state index is 0.00813. The van der Waals surface area contributed by atoms with Gasteiger partial charge in [-0.1, -0.05) is 12.2 Å². The standard InChI is InChI=1S/C10H12N4OS/c11-10(16)7-1-2-12-8(5-7)14-4-3-13-9(15)6-14/h1-2,5H,3-4,6H2,(H2,11,16)(H,13,15). The normalized spacial score (nSPS) is 15.8. The van der Waals surface area contributed by atoms with Gasteiger partial charge in [0.15, 0.2) is 0 Å². The third kappa shape index (κ3) is 2.27. The molecule has 6 heteroatoms. The lowest BCUT2D eigenvalue weighted by atomic mass is 10.2. The summed E-state index contributed by atoms with van der Waals surface area (Å²) in [5.41, 5.74) is 6.31. The van der Waals surface area contributed by atoms with Crippen LogP contribution in [0.1, 0.15) is 5.56 Å². The van der Waals surface area contributed by atoms with Crippen molar-refractivity contribution in [3.05, 3.63) is 23.9 Å². The molecule has 1 saturated heterocycles. The fourth-order valence-corrected chi connectivity index (χ4v) is 1.71. The number of hydrogen-bond acceptors (Lipinski definition) is 4. The van der Waals surface area contributed by atoms with Crippen LogP contribution in [0.5, 0.6) is 0 Å². The number of pyridine rings is 1. The fraction of sp³-hybridized carbons (Fsp3) is 0.300. The molecule has 2 heterocycles. The number of piperazine rings is 1. The van der Waals surface area contributed by atoms with Gasteiger partial charge in [-0.2, -0.15) is 0 Å². The van der Waals surface area contributed by atoms with Gasteiger partial charge in [0.1, 0.15) is 10.8 Å². The van der Waals surface area contributed by atoms with Crippen LogP contribution >= 0.6 is 12.2 Å². The van der Waals surface area contributed by atoms with Crippen LogP contribution in [0, 0.1) is 0 Å². The van der Waals surface area contributed by atoms with Gasteiger partial charge in [0, 0.05) is 24.8 Å². The molecule has 1 aliphatic heterocycles. The predicted molar refractivity (Wildman–Crippen MR) is 65.3 cm³/mol. The molecule has 0 spiro atoms. The maximum atomic E-state index is 11.2. The zero-order chi connectivity index (χ0) is 11.5. The van der Waals surface area contributed by atoms with Crippen molar-refractivity contribution in [1.82, 2.24) is 10.3 Å². The molecule has 3 N–H and O–H groups in total. The second kappa shape index (κ2) is 4.44. The van der Waals surface area contributed by atoms with E-state index in [0.29, 0.717) is 18.1 Å². The molecule has 0 saturated carbocycles. The number of nitrogens with one attached hydrogen (secondary N) is 1. The van der Waals surface area contributed by atoms with Crippen molar-refractivity contribution in [2.45, 2.75) is 0 Å². The summed E-state index contributed by atoms with van der Waals surface area (Å²) in [6, 6.07) is 3.57. The van der Waals surface area contributed by atoms with Crippen molar-refractivity contribution in [3.63, 3.8) is 0 Å². The topological polar surface area (TPSA) is 71.2 Å². The molecule has 0 bridgehead atoms. The lowest BCUT2D eigenvalue weighted by Crippen LogP contribution is -2.48. The van der Waals surface area contributed by atoms with Crippen LogP contribution in [0.3, 0.4) is 0 Å². The van der Waals surface area contributed by atoms with Gasteiger partial charge in [0.05, 0.1) is 6.54 Å². The Balaban J connectivity index is 2.22. The molecule has 84 valence electrons. The van der Waals surface area contributed by atoms with E-state index in [2.05, 4.69) is 10.3 Å². The first-order chi connectivity index (χ1) is 7.66. The third-order valence-corrected chi connectivity index (χ3v) is 2.63. The first-order valence-corrected chi connectivity index (χ1v) is 5.35. The Labute approximate surface area is 98.6 Å². The van der Waals surface area contributed by atoms with Gasteiger partial charge < -0.3 is 16.0 Å². The van der Waals surface area contributed by atoms with Crippen molar-refractivity contribution in [1.29, 1.82) is 0 Å². The molecule has 0 aliphatic carbocycles. The molecular weight excluding hydrogens is 224 g/mol. The molecule has 0 atom stereocenters.